The van der Waals surface area contributed by atoms with Crippen molar-refractivity contribution in [3.63, 3.8) is 0 Å². The number of rotatable bonds is 6. The van der Waals surface area contributed by atoms with E-state index in [-0.39, 0.29) is 6.04 Å². The fourth-order valence-corrected chi connectivity index (χ4v) is 6.70. The van der Waals surface area contributed by atoms with Crippen LogP contribution in [-0.2, 0) is 21.2 Å². The highest BCUT2D eigenvalue weighted by atomic mass is 35.5. The molecular formula is C15H18ClNO3S3. The van der Waals surface area contributed by atoms with Crippen LogP contribution in [0, 0.1) is 0 Å². The molecule has 0 unspecified atom stereocenters. The Labute approximate surface area is 149 Å². The summed E-state index contributed by atoms with van der Waals surface area (Å²) < 4.78 is 33.9. The van der Waals surface area contributed by atoms with E-state index in [0.29, 0.717) is 28.3 Å². The lowest BCUT2D eigenvalue weighted by atomic mass is 10.1. The Kier molecular flexibility index (Phi) is 5.77. The summed E-state index contributed by atoms with van der Waals surface area (Å²) in [4.78, 5) is 1.20. The molecule has 0 aromatic carbocycles. The molecule has 0 saturated carbocycles. The maximum atomic E-state index is 13.0. The molecule has 3 rings (SSSR count). The maximum absolute atomic E-state index is 13.0. The Morgan fingerprint density at radius 1 is 1.26 bits per heavy atom. The molecule has 8 heteroatoms. The first-order valence-corrected chi connectivity index (χ1v) is 11.0. The van der Waals surface area contributed by atoms with Gasteiger partial charge < -0.3 is 4.74 Å². The molecule has 1 fully saturated rings. The van der Waals surface area contributed by atoms with E-state index in [1.54, 1.807) is 27.8 Å². The van der Waals surface area contributed by atoms with E-state index in [2.05, 4.69) is 0 Å². The number of nitrogens with zero attached hydrogens (tertiary/aromatic N) is 1. The third kappa shape index (κ3) is 4.15. The van der Waals surface area contributed by atoms with Crippen molar-refractivity contribution >= 4 is 44.3 Å². The zero-order chi connectivity index (χ0) is 16.3. The first kappa shape index (κ1) is 17.4. The predicted molar refractivity (Wildman–Crippen MR) is 95.1 cm³/mol. The lowest BCUT2D eigenvalue weighted by molar-refractivity contribution is 0.0587. The number of hydrogen-bond acceptors (Lipinski definition) is 5. The van der Waals surface area contributed by atoms with Crippen molar-refractivity contribution in [1.29, 1.82) is 0 Å². The minimum absolute atomic E-state index is 0.00501. The van der Waals surface area contributed by atoms with E-state index in [4.69, 9.17) is 16.3 Å². The summed E-state index contributed by atoms with van der Waals surface area (Å²) in [5, 5.41) is 2.02. The number of ether oxygens (including phenoxy) is 1. The highest BCUT2D eigenvalue weighted by Crippen LogP contribution is 2.31. The van der Waals surface area contributed by atoms with E-state index in [0.717, 1.165) is 30.6 Å². The first-order valence-electron chi connectivity index (χ1n) is 7.44. The molecule has 0 radical (unpaired) electrons. The average Bonchev–Trinajstić information content (AvgIpc) is 3.20. The molecular weight excluding hydrogens is 374 g/mol. The number of halogens is 1. The molecule has 1 saturated heterocycles. The topological polar surface area (TPSA) is 46.6 Å². The van der Waals surface area contributed by atoms with E-state index in [1.165, 1.54) is 4.88 Å². The summed E-state index contributed by atoms with van der Waals surface area (Å²) in [6.45, 7) is 1.71. The molecule has 0 spiro atoms. The molecule has 0 N–H and O–H groups in total. The second-order valence-electron chi connectivity index (χ2n) is 5.35. The molecule has 126 valence electrons. The quantitative estimate of drug-likeness (QED) is 0.750. The van der Waals surface area contributed by atoms with Crippen LogP contribution in [0.25, 0.3) is 0 Å². The summed E-state index contributed by atoms with van der Waals surface area (Å²) >= 11 is 8.71. The molecule has 23 heavy (non-hydrogen) atoms. The van der Waals surface area contributed by atoms with Gasteiger partial charge in [-0.3, -0.25) is 0 Å². The third-order valence-corrected chi connectivity index (χ3v) is 8.45. The van der Waals surface area contributed by atoms with Crippen molar-refractivity contribution < 1.29 is 13.2 Å². The van der Waals surface area contributed by atoms with Gasteiger partial charge in [0.1, 0.15) is 4.21 Å². The lowest BCUT2D eigenvalue weighted by Crippen LogP contribution is -2.44. The molecule has 0 amide bonds. The Morgan fingerprint density at radius 3 is 2.65 bits per heavy atom. The normalized spacial score (nSPS) is 17.0. The number of sulfonamides is 1. The van der Waals surface area contributed by atoms with Crippen molar-refractivity contribution in [2.24, 2.45) is 0 Å². The highest BCUT2D eigenvalue weighted by molar-refractivity contribution is 7.91. The van der Waals surface area contributed by atoms with Crippen molar-refractivity contribution in [1.82, 2.24) is 4.31 Å². The molecule has 1 aliphatic heterocycles. The van der Waals surface area contributed by atoms with E-state index in [9.17, 15) is 8.42 Å². The summed E-state index contributed by atoms with van der Waals surface area (Å²) in [6, 6.07) is 7.27. The van der Waals surface area contributed by atoms with E-state index >= 15 is 0 Å². The minimum Gasteiger partial charge on any atom is -0.381 e. The van der Waals surface area contributed by atoms with Crippen LogP contribution in [0.3, 0.4) is 0 Å². The van der Waals surface area contributed by atoms with Crippen LogP contribution in [0.1, 0.15) is 17.7 Å². The maximum Gasteiger partial charge on any atom is 0.252 e. The van der Waals surface area contributed by atoms with Crippen LogP contribution in [-0.4, -0.2) is 38.5 Å². The van der Waals surface area contributed by atoms with Crippen molar-refractivity contribution in [3.05, 3.63) is 38.9 Å². The summed E-state index contributed by atoms with van der Waals surface area (Å²) in [7, 11) is -3.52. The third-order valence-electron chi connectivity index (χ3n) is 3.87. The molecule has 3 heterocycles. The van der Waals surface area contributed by atoms with Gasteiger partial charge in [-0.1, -0.05) is 17.7 Å². The van der Waals surface area contributed by atoms with Crippen LogP contribution in [0.15, 0.2) is 33.9 Å². The van der Waals surface area contributed by atoms with Gasteiger partial charge in [0.25, 0.3) is 10.0 Å². The van der Waals surface area contributed by atoms with Gasteiger partial charge >= 0.3 is 0 Å². The van der Waals surface area contributed by atoms with Gasteiger partial charge in [0.05, 0.1) is 4.34 Å². The molecule has 0 atom stereocenters. The standard InChI is InChI=1S/C15H18ClNO3S3/c16-14-3-4-15(22-14)23(18,19)17(12-6-9-20-10-7-12)8-5-13-2-1-11-21-13/h1-4,11-12H,5-10H2. The molecule has 1 aliphatic rings. The zero-order valence-corrected chi connectivity index (χ0v) is 15.7. The van der Waals surface area contributed by atoms with Crippen molar-refractivity contribution in [2.75, 3.05) is 19.8 Å². The fourth-order valence-electron chi connectivity index (χ4n) is 2.70. The van der Waals surface area contributed by atoms with Crippen LogP contribution < -0.4 is 0 Å². The van der Waals surface area contributed by atoms with Crippen LogP contribution >= 0.6 is 34.3 Å². The Bertz CT molecular complexity index is 721. The molecule has 4 nitrogen and oxygen atoms in total. The molecule has 2 aromatic heterocycles. The Hall–Kier alpha value is -0.440. The van der Waals surface area contributed by atoms with Crippen molar-refractivity contribution in [3.8, 4) is 0 Å². The number of thiophene rings is 2. The fraction of sp³-hybridized carbons (Fsp3) is 0.467. The lowest BCUT2D eigenvalue weighted by Gasteiger charge is -2.33. The largest absolute Gasteiger partial charge is 0.381 e. The first-order chi connectivity index (χ1) is 11.1. The smallest absolute Gasteiger partial charge is 0.252 e. The Morgan fingerprint density at radius 2 is 2.04 bits per heavy atom. The number of hydrogen-bond donors (Lipinski definition) is 0. The average molecular weight is 392 g/mol. The second kappa shape index (κ2) is 7.63. The van der Waals surface area contributed by atoms with Gasteiger partial charge in [0, 0.05) is 30.7 Å². The van der Waals surface area contributed by atoms with Gasteiger partial charge in [-0.2, -0.15) is 4.31 Å². The monoisotopic (exact) mass is 391 g/mol. The van der Waals surface area contributed by atoms with Gasteiger partial charge in [-0.15, -0.1) is 22.7 Å². The van der Waals surface area contributed by atoms with Crippen molar-refractivity contribution in [2.45, 2.75) is 29.5 Å². The highest BCUT2D eigenvalue weighted by Gasteiger charge is 2.33. The second-order valence-corrected chi connectivity index (χ2v) is 10.2. The molecule has 0 bridgehead atoms. The zero-order valence-electron chi connectivity index (χ0n) is 12.5. The predicted octanol–water partition coefficient (Wildman–Crippen LogP) is 3.88. The summed E-state index contributed by atoms with van der Waals surface area (Å²) in [5.41, 5.74) is 0. The summed E-state index contributed by atoms with van der Waals surface area (Å²) in [6.07, 6.45) is 2.21. The molecule has 2 aromatic rings. The van der Waals surface area contributed by atoms with Gasteiger partial charge in [0.15, 0.2) is 0 Å². The van der Waals surface area contributed by atoms with Crippen LogP contribution in [0.5, 0.6) is 0 Å². The minimum atomic E-state index is -3.52. The van der Waals surface area contributed by atoms with Gasteiger partial charge in [-0.25, -0.2) is 8.42 Å². The van der Waals surface area contributed by atoms with Gasteiger partial charge in [-0.05, 0) is 42.8 Å². The Balaban J connectivity index is 1.83. The molecule has 0 aliphatic carbocycles. The SMILES string of the molecule is O=S(=O)(c1ccc(Cl)s1)N(CCc1cccs1)C1CCOCC1. The van der Waals surface area contributed by atoms with Crippen LogP contribution in [0.4, 0.5) is 0 Å². The van der Waals surface area contributed by atoms with Gasteiger partial charge in [0.2, 0.25) is 0 Å². The van der Waals surface area contributed by atoms with E-state index < -0.39 is 10.0 Å². The van der Waals surface area contributed by atoms with Crippen LogP contribution in [0.2, 0.25) is 4.34 Å². The summed E-state index contributed by atoms with van der Waals surface area (Å²) in [5.74, 6) is 0. The van der Waals surface area contributed by atoms with E-state index in [1.807, 2.05) is 17.5 Å².